The van der Waals surface area contributed by atoms with Gasteiger partial charge in [-0.15, -0.1) is 4.40 Å². The van der Waals surface area contributed by atoms with E-state index in [4.69, 9.17) is 4.74 Å². The highest BCUT2D eigenvalue weighted by Gasteiger charge is 2.16. The Balaban J connectivity index is 2.51. The van der Waals surface area contributed by atoms with Crippen molar-refractivity contribution in [1.29, 1.82) is 0 Å². The van der Waals surface area contributed by atoms with Gasteiger partial charge in [0.05, 0.1) is 11.5 Å². The van der Waals surface area contributed by atoms with Crippen LogP contribution < -0.4 is 0 Å². The molecular weight excluding hydrogens is 368 g/mol. The molecule has 0 bridgehead atoms. The number of aliphatic imine (C=N–C) groups is 1. The summed E-state index contributed by atoms with van der Waals surface area (Å²) in [4.78, 5) is 4.49. The van der Waals surface area contributed by atoms with E-state index >= 15 is 0 Å². The van der Waals surface area contributed by atoms with E-state index in [9.17, 15) is 8.42 Å². The van der Waals surface area contributed by atoms with Crippen molar-refractivity contribution >= 4 is 32.9 Å². The van der Waals surface area contributed by atoms with Gasteiger partial charge in [0.2, 0.25) is 0 Å². The number of thioether (sulfide) groups is 1. The van der Waals surface area contributed by atoms with Crippen LogP contribution >= 0.6 is 11.8 Å². The standard InChI is InChI=1S/C19H22N2O3S2/c1-4-14-24-19(25-3)20-18(16-8-6-5-7-9-16)21-26(22,23)17-12-10-15(2)11-13-17/h5-13H,4,14H2,1-3H3/b20-19?,21-18+. The Bertz CT molecular complexity index is 875. The van der Waals surface area contributed by atoms with Gasteiger partial charge < -0.3 is 4.74 Å². The van der Waals surface area contributed by atoms with Gasteiger partial charge in [-0.2, -0.15) is 13.4 Å². The molecule has 0 radical (unpaired) electrons. The van der Waals surface area contributed by atoms with Crippen molar-refractivity contribution in [2.24, 2.45) is 9.39 Å². The number of hydrogen-bond donors (Lipinski definition) is 0. The summed E-state index contributed by atoms with van der Waals surface area (Å²) in [6.45, 7) is 4.40. The number of rotatable bonds is 5. The molecule has 0 aromatic heterocycles. The molecule has 138 valence electrons. The quantitative estimate of drug-likeness (QED) is 0.565. The molecule has 0 saturated carbocycles. The number of sulfonamides is 1. The summed E-state index contributed by atoms with van der Waals surface area (Å²) in [5, 5.41) is 0.383. The van der Waals surface area contributed by atoms with Crippen LogP contribution in [-0.4, -0.2) is 32.3 Å². The summed E-state index contributed by atoms with van der Waals surface area (Å²) in [6.07, 6.45) is 2.66. The second kappa shape index (κ2) is 9.54. The third-order valence-corrected chi connectivity index (χ3v) is 5.20. The SMILES string of the molecule is CCCOC(=N/C(=N/S(=O)(=O)c1ccc(C)cc1)c1ccccc1)SC. The van der Waals surface area contributed by atoms with Crippen LogP contribution in [-0.2, 0) is 14.8 Å². The van der Waals surface area contributed by atoms with Gasteiger partial charge in [-0.3, -0.25) is 0 Å². The van der Waals surface area contributed by atoms with Gasteiger partial charge in [-0.25, -0.2) is 0 Å². The normalized spacial score (nSPS) is 12.9. The minimum absolute atomic E-state index is 0.103. The fourth-order valence-electron chi connectivity index (χ4n) is 2.01. The van der Waals surface area contributed by atoms with E-state index < -0.39 is 10.0 Å². The van der Waals surface area contributed by atoms with Crippen LogP contribution in [0.4, 0.5) is 0 Å². The van der Waals surface area contributed by atoms with Crippen LogP contribution in [0.3, 0.4) is 0 Å². The highest BCUT2D eigenvalue weighted by molar-refractivity contribution is 8.13. The zero-order valence-electron chi connectivity index (χ0n) is 15.0. The average Bonchev–Trinajstić information content (AvgIpc) is 2.65. The molecule has 0 N–H and O–H groups in total. The van der Waals surface area contributed by atoms with Crippen LogP contribution in [0.15, 0.2) is 68.9 Å². The lowest BCUT2D eigenvalue weighted by Crippen LogP contribution is -2.09. The predicted molar refractivity (Wildman–Crippen MR) is 109 cm³/mol. The maximum absolute atomic E-state index is 12.7. The fraction of sp³-hybridized carbons (Fsp3) is 0.263. The van der Waals surface area contributed by atoms with Crippen molar-refractivity contribution in [3.05, 3.63) is 65.7 Å². The third kappa shape index (κ3) is 5.71. The van der Waals surface area contributed by atoms with E-state index in [1.54, 1.807) is 36.4 Å². The molecule has 0 spiro atoms. The number of aryl methyl sites for hydroxylation is 1. The van der Waals surface area contributed by atoms with Crippen molar-refractivity contribution in [1.82, 2.24) is 0 Å². The van der Waals surface area contributed by atoms with Crippen LogP contribution in [0.25, 0.3) is 0 Å². The van der Waals surface area contributed by atoms with Crippen molar-refractivity contribution in [2.45, 2.75) is 25.2 Å². The van der Waals surface area contributed by atoms with Crippen LogP contribution in [0.1, 0.15) is 24.5 Å². The Morgan fingerprint density at radius 3 is 2.31 bits per heavy atom. The maximum atomic E-state index is 12.7. The van der Waals surface area contributed by atoms with E-state index in [2.05, 4.69) is 9.39 Å². The molecule has 7 heteroatoms. The Hall–Kier alpha value is -2.12. The monoisotopic (exact) mass is 390 g/mol. The Morgan fingerprint density at radius 2 is 1.73 bits per heavy atom. The molecule has 0 heterocycles. The lowest BCUT2D eigenvalue weighted by molar-refractivity contribution is 0.315. The highest BCUT2D eigenvalue weighted by atomic mass is 32.2. The molecule has 0 amide bonds. The van der Waals surface area contributed by atoms with Gasteiger partial charge in [-0.1, -0.05) is 66.7 Å². The molecule has 0 fully saturated rings. The van der Waals surface area contributed by atoms with E-state index in [1.165, 1.54) is 11.8 Å². The molecule has 0 aliphatic carbocycles. The third-order valence-electron chi connectivity index (χ3n) is 3.36. The Kier molecular flexibility index (Phi) is 7.41. The summed E-state index contributed by atoms with van der Waals surface area (Å²) < 4.78 is 35.0. The molecule has 2 rings (SSSR count). The average molecular weight is 391 g/mol. The summed E-state index contributed by atoms with van der Waals surface area (Å²) in [6, 6.07) is 15.6. The number of nitrogens with zero attached hydrogens (tertiary/aromatic N) is 2. The lowest BCUT2D eigenvalue weighted by Gasteiger charge is -2.08. The largest absolute Gasteiger partial charge is 0.473 e. The molecule has 2 aromatic carbocycles. The van der Waals surface area contributed by atoms with Gasteiger partial charge in [0.1, 0.15) is 0 Å². The van der Waals surface area contributed by atoms with Gasteiger partial charge in [0, 0.05) is 5.56 Å². The van der Waals surface area contributed by atoms with Crippen molar-refractivity contribution in [2.75, 3.05) is 12.9 Å². The number of ether oxygens (including phenoxy) is 1. The second-order valence-electron chi connectivity index (χ2n) is 5.50. The summed E-state index contributed by atoms with van der Waals surface area (Å²) >= 11 is 1.31. The number of benzene rings is 2. The van der Waals surface area contributed by atoms with Crippen LogP contribution in [0.2, 0.25) is 0 Å². The van der Waals surface area contributed by atoms with Gasteiger partial charge in [-0.05, 0) is 31.7 Å². The molecule has 0 atom stereocenters. The second-order valence-corrected chi connectivity index (χ2v) is 7.86. The summed E-state index contributed by atoms with van der Waals surface area (Å²) in [5.41, 5.74) is 1.58. The van der Waals surface area contributed by atoms with Gasteiger partial charge in [0.25, 0.3) is 15.3 Å². The first kappa shape index (κ1) is 20.2. The van der Waals surface area contributed by atoms with E-state index in [0.29, 0.717) is 17.4 Å². The van der Waals surface area contributed by atoms with E-state index in [1.807, 2.05) is 38.3 Å². The van der Waals surface area contributed by atoms with Crippen molar-refractivity contribution < 1.29 is 13.2 Å². The molecule has 0 aliphatic heterocycles. The first-order valence-corrected chi connectivity index (χ1v) is 10.8. The van der Waals surface area contributed by atoms with E-state index in [0.717, 1.165) is 12.0 Å². The zero-order chi connectivity index (χ0) is 19.0. The maximum Gasteiger partial charge on any atom is 0.284 e. The lowest BCUT2D eigenvalue weighted by atomic mass is 10.2. The smallest absolute Gasteiger partial charge is 0.284 e. The van der Waals surface area contributed by atoms with Gasteiger partial charge in [0.15, 0.2) is 5.84 Å². The topological polar surface area (TPSA) is 68.1 Å². The molecule has 0 saturated heterocycles. The first-order valence-electron chi connectivity index (χ1n) is 8.19. The number of hydrogen-bond acceptors (Lipinski definition) is 4. The summed E-state index contributed by atoms with van der Waals surface area (Å²) in [7, 11) is -3.88. The predicted octanol–water partition coefficient (Wildman–Crippen LogP) is 4.28. The molecule has 0 unspecified atom stereocenters. The van der Waals surface area contributed by atoms with Gasteiger partial charge >= 0.3 is 0 Å². The fourth-order valence-corrected chi connectivity index (χ4v) is 3.35. The molecule has 2 aromatic rings. The highest BCUT2D eigenvalue weighted by Crippen LogP contribution is 2.16. The minimum atomic E-state index is -3.88. The zero-order valence-corrected chi connectivity index (χ0v) is 16.7. The molecule has 5 nitrogen and oxygen atoms in total. The Labute approximate surface area is 159 Å². The Morgan fingerprint density at radius 1 is 1.08 bits per heavy atom. The van der Waals surface area contributed by atoms with Crippen molar-refractivity contribution in [3.8, 4) is 0 Å². The molecule has 26 heavy (non-hydrogen) atoms. The van der Waals surface area contributed by atoms with Crippen molar-refractivity contribution in [3.63, 3.8) is 0 Å². The van der Waals surface area contributed by atoms with E-state index in [-0.39, 0.29) is 10.7 Å². The minimum Gasteiger partial charge on any atom is -0.473 e. The molecule has 0 aliphatic rings. The van der Waals surface area contributed by atoms with Crippen LogP contribution in [0.5, 0.6) is 0 Å². The first-order chi connectivity index (χ1) is 12.5. The molecular formula is C19H22N2O3S2. The number of amidine groups is 1. The summed E-state index contributed by atoms with van der Waals surface area (Å²) in [5.74, 6) is 0.103. The van der Waals surface area contributed by atoms with Crippen LogP contribution in [0, 0.1) is 6.92 Å².